The molecular weight excluding hydrogens is 260 g/mol. The van der Waals surface area contributed by atoms with Crippen molar-refractivity contribution in [3.8, 4) is 0 Å². The summed E-state index contributed by atoms with van der Waals surface area (Å²) in [5.74, 6) is 0. The molecule has 0 bridgehead atoms. The summed E-state index contributed by atoms with van der Waals surface area (Å²) in [6.07, 6.45) is 1.70. The molecular formula is C11H17ClN2O2S. The molecule has 3 N–H and O–H groups in total. The van der Waals surface area contributed by atoms with E-state index in [9.17, 15) is 8.42 Å². The van der Waals surface area contributed by atoms with E-state index >= 15 is 0 Å². The normalized spacial score (nSPS) is 13.6. The van der Waals surface area contributed by atoms with E-state index in [4.69, 9.17) is 17.3 Å². The highest BCUT2D eigenvalue weighted by Gasteiger charge is 2.19. The van der Waals surface area contributed by atoms with Gasteiger partial charge in [-0.25, -0.2) is 13.1 Å². The van der Waals surface area contributed by atoms with Crippen molar-refractivity contribution in [2.45, 2.75) is 37.6 Å². The maximum absolute atomic E-state index is 12.0. The van der Waals surface area contributed by atoms with Gasteiger partial charge >= 0.3 is 0 Å². The molecule has 0 aliphatic rings. The molecule has 0 radical (unpaired) electrons. The van der Waals surface area contributed by atoms with Crippen LogP contribution in [-0.4, -0.2) is 14.5 Å². The number of nitrogen functional groups attached to an aromatic ring is 1. The van der Waals surface area contributed by atoms with E-state index in [-0.39, 0.29) is 16.6 Å². The molecule has 6 heteroatoms. The highest BCUT2D eigenvalue weighted by Crippen LogP contribution is 2.22. The molecule has 0 heterocycles. The molecule has 0 aromatic heterocycles. The molecule has 0 saturated heterocycles. The highest BCUT2D eigenvalue weighted by atomic mass is 35.5. The maximum atomic E-state index is 12.0. The van der Waals surface area contributed by atoms with Crippen molar-refractivity contribution in [2.24, 2.45) is 0 Å². The summed E-state index contributed by atoms with van der Waals surface area (Å²) >= 11 is 5.73. The van der Waals surface area contributed by atoms with Gasteiger partial charge in [-0.05, 0) is 31.5 Å². The van der Waals surface area contributed by atoms with Gasteiger partial charge in [0.2, 0.25) is 10.0 Å². The molecule has 0 fully saturated rings. The first-order valence-electron chi connectivity index (χ1n) is 5.44. The fourth-order valence-electron chi connectivity index (χ4n) is 1.58. The molecule has 1 rings (SSSR count). The second-order valence-electron chi connectivity index (χ2n) is 3.99. The summed E-state index contributed by atoms with van der Waals surface area (Å²) in [6, 6.07) is 4.25. The number of benzene rings is 1. The standard InChI is InChI=1S/C11H17ClN2O2S/c1-3-4-8(2)14-17(15,16)11-6-5-9(12)7-10(11)13/h5-8,14H,3-4,13H2,1-2H3. The number of sulfonamides is 1. The van der Waals surface area contributed by atoms with Gasteiger partial charge in [0.1, 0.15) is 4.90 Å². The summed E-state index contributed by atoms with van der Waals surface area (Å²) in [5.41, 5.74) is 5.81. The molecule has 4 nitrogen and oxygen atoms in total. The summed E-state index contributed by atoms with van der Waals surface area (Å²) in [5, 5.41) is 0.419. The van der Waals surface area contributed by atoms with Crippen LogP contribution in [0.2, 0.25) is 5.02 Å². The topological polar surface area (TPSA) is 72.2 Å². The zero-order valence-electron chi connectivity index (χ0n) is 9.90. The number of halogens is 1. The smallest absolute Gasteiger partial charge is 0.242 e. The molecule has 0 aliphatic heterocycles. The van der Waals surface area contributed by atoms with Gasteiger partial charge < -0.3 is 5.73 Å². The van der Waals surface area contributed by atoms with Gasteiger partial charge in [0.25, 0.3) is 0 Å². The lowest BCUT2D eigenvalue weighted by Gasteiger charge is -2.14. The van der Waals surface area contributed by atoms with Crippen LogP contribution < -0.4 is 10.5 Å². The van der Waals surface area contributed by atoms with Crippen molar-refractivity contribution < 1.29 is 8.42 Å². The number of nitrogens with one attached hydrogen (secondary N) is 1. The van der Waals surface area contributed by atoms with E-state index in [0.717, 1.165) is 12.8 Å². The quantitative estimate of drug-likeness (QED) is 0.811. The fraction of sp³-hybridized carbons (Fsp3) is 0.455. The van der Waals surface area contributed by atoms with Crippen LogP contribution in [0.25, 0.3) is 0 Å². The van der Waals surface area contributed by atoms with Crippen molar-refractivity contribution in [1.29, 1.82) is 0 Å². The molecule has 0 amide bonds. The molecule has 0 spiro atoms. The van der Waals surface area contributed by atoms with E-state index in [1.807, 2.05) is 13.8 Å². The highest BCUT2D eigenvalue weighted by molar-refractivity contribution is 7.89. The Morgan fingerprint density at radius 2 is 2.12 bits per heavy atom. The number of nitrogens with two attached hydrogens (primary N) is 1. The molecule has 1 aromatic carbocycles. The molecule has 0 aliphatic carbocycles. The van der Waals surface area contributed by atoms with E-state index in [1.54, 1.807) is 0 Å². The lowest BCUT2D eigenvalue weighted by Crippen LogP contribution is -2.32. The van der Waals surface area contributed by atoms with E-state index in [2.05, 4.69) is 4.72 Å². The van der Waals surface area contributed by atoms with Gasteiger partial charge in [-0.1, -0.05) is 24.9 Å². The van der Waals surface area contributed by atoms with Crippen molar-refractivity contribution in [2.75, 3.05) is 5.73 Å². The second-order valence-corrected chi connectivity index (χ2v) is 6.11. The van der Waals surface area contributed by atoms with Gasteiger partial charge in [0.15, 0.2) is 0 Å². The van der Waals surface area contributed by atoms with Gasteiger partial charge in [0, 0.05) is 11.1 Å². The summed E-state index contributed by atoms with van der Waals surface area (Å²) in [6.45, 7) is 3.83. The van der Waals surface area contributed by atoms with Gasteiger partial charge in [-0.3, -0.25) is 0 Å². The summed E-state index contributed by atoms with van der Waals surface area (Å²) in [4.78, 5) is 0.0739. The SMILES string of the molecule is CCCC(C)NS(=O)(=O)c1ccc(Cl)cc1N. The van der Waals surface area contributed by atoms with Crippen LogP contribution >= 0.6 is 11.6 Å². The Balaban J connectivity index is 2.97. The average molecular weight is 277 g/mol. The van der Waals surface area contributed by atoms with Crippen LogP contribution in [0, 0.1) is 0 Å². The summed E-state index contributed by atoms with van der Waals surface area (Å²) < 4.78 is 26.6. The summed E-state index contributed by atoms with van der Waals surface area (Å²) in [7, 11) is -3.56. The third-order valence-electron chi connectivity index (χ3n) is 2.34. The third kappa shape index (κ3) is 3.87. The monoisotopic (exact) mass is 276 g/mol. The lowest BCUT2D eigenvalue weighted by atomic mass is 10.2. The van der Waals surface area contributed by atoms with Crippen LogP contribution in [0.1, 0.15) is 26.7 Å². The number of anilines is 1. The minimum absolute atomic E-state index is 0.0739. The predicted octanol–water partition coefficient (Wildman–Crippen LogP) is 2.39. The zero-order chi connectivity index (χ0) is 13.1. The minimum Gasteiger partial charge on any atom is -0.398 e. The average Bonchev–Trinajstić information content (AvgIpc) is 2.15. The number of hydrogen-bond donors (Lipinski definition) is 2. The number of rotatable bonds is 5. The van der Waals surface area contributed by atoms with Gasteiger partial charge in [0.05, 0.1) is 5.69 Å². The second kappa shape index (κ2) is 5.71. The Hall–Kier alpha value is -0.780. The van der Waals surface area contributed by atoms with E-state index in [0.29, 0.717) is 5.02 Å². The Labute approximate surface area is 107 Å². The molecule has 96 valence electrons. The zero-order valence-corrected chi connectivity index (χ0v) is 11.5. The molecule has 1 aromatic rings. The van der Waals surface area contributed by atoms with Crippen LogP contribution in [0.5, 0.6) is 0 Å². The molecule has 1 unspecified atom stereocenters. The first-order chi connectivity index (χ1) is 7.86. The first kappa shape index (κ1) is 14.3. The Morgan fingerprint density at radius 1 is 1.47 bits per heavy atom. The predicted molar refractivity (Wildman–Crippen MR) is 70.6 cm³/mol. The van der Waals surface area contributed by atoms with Gasteiger partial charge in [-0.2, -0.15) is 0 Å². The Bertz CT molecular complexity index is 488. The van der Waals surface area contributed by atoms with Crippen molar-refractivity contribution in [1.82, 2.24) is 4.72 Å². The fourth-order valence-corrected chi connectivity index (χ4v) is 3.16. The third-order valence-corrected chi connectivity index (χ3v) is 4.24. The Morgan fingerprint density at radius 3 is 2.65 bits per heavy atom. The van der Waals surface area contributed by atoms with Crippen molar-refractivity contribution in [3.05, 3.63) is 23.2 Å². The lowest BCUT2D eigenvalue weighted by molar-refractivity contribution is 0.544. The van der Waals surface area contributed by atoms with Crippen molar-refractivity contribution >= 4 is 27.3 Å². The van der Waals surface area contributed by atoms with Crippen molar-refractivity contribution in [3.63, 3.8) is 0 Å². The van der Waals surface area contributed by atoms with Crippen LogP contribution in [0.4, 0.5) is 5.69 Å². The maximum Gasteiger partial charge on any atom is 0.242 e. The van der Waals surface area contributed by atoms with Crippen LogP contribution in [-0.2, 0) is 10.0 Å². The molecule has 17 heavy (non-hydrogen) atoms. The van der Waals surface area contributed by atoms with Crippen LogP contribution in [0.15, 0.2) is 23.1 Å². The molecule has 0 saturated carbocycles. The van der Waals surface area contributed by atoms with Gasteiger partial charge in [-0.15, -0.1) is 0 Å². The van der Waals surface area contributed by atoms with E-state index in [1.165, 1.54) is 18.2 Å². The largest absolute Gasteiger partial charge is 0.398 e. The first-order valence-corrected chi connectivity index (χ1v) is 7.30. The van der Waals surface area contributed by atoms with E-state index < -0.39 is 10.0 Å². The van der Waals surface area contributed by atoms with Crippen LogP contribution in [0.3, 0.4) is 0 Å². The minimum atomic E-state index is -3.56. The molecule has 1 atom stereocenters. The Kier molecular flexibility index (Phi) is 4.80. The number of hydrogen-bond acceptors (Lipinski definition) is 3.